The van der Waals surface area contributed by atoms with Gasteiger partial charge in [-0.1, -0.05) is 31.0 Å². The number of anilines is 1. The van der Waals surface area contributed by atoms with Gasteiger partial charge in [-0.25, -0.2) is 0 Å². The molecule has 0 aromatic heterocycles. The summed E-state index contributed by atoms with van der Waals surface area (Å²) in [6, 6.07) is 5.86. The van der Waals surface area contributed by atoms with Crippen molar-refractivity contribution in [1.29, 1.82) is 0 Å². The van der Waals surface area contributed by atoms with Crippen LogP contribution in [0.15, 0.2) is 18.2 Å². The molecule has 0 aliphatic heterocycles. The third-order valence-electron chi connectivity index (χ3n) is 1.88. The second kappa shape index (κ2) is 4.36. The quantitative estimate of drug-likeness (QED) is 0.716. The molecule has 0 bridgehead atoms. The van der Waals surface area contributed by atoms with Crippen molar-refractivity contribution in [2.24, 2.45) is 0 Å². The first kappa shape index (κ1) is 9.40. The highest BCUT2D eigenvalue weighted by Gasteiger charge is 1.97. The standard InChI is InChI=1S/C10H14ClN/c1-2-3-4-8-5-6-10(12)9(11)7-8/h5-7H,2-4,12H2,1H3. The third-order valence-corrected chi connectivity index (χ3v) is 2.21. The van der Waals surface area contributed by atoms with Crippen LogP contribution in [0.4, 0.5) is 5.69 Å². The minimum absolute atomic E-state index is 0.664. The number of rotatable bonds is 3. The van der Waals surface area contributed by atoms with Crippen LogP contribution < -0.4 is 5.73 Å². The van der Waals surface area contributed by atoms with Gasteiger partial charge in [0.05, 0.1) is 10.7 Å². The normalized spacial score (nSPS) is 10.2. The maximum atomic E-state index is 5.87. The van der Waals surface area contributed by atoms with Gasteiger partial charge in [0.1, 0.15) is 0 Å². The van der Waals surface area contributed by atoms with Crippen LogP contribution in [0.2, 0.25) is 5.02 Å². The number of nitrogen functional groups attached to an aromatic ring is 1. The number of halogens is 1. The van der Waals surface area contributed by atoms with E-state index in [1.165, 1.54) is 18.4 Å². The first-order valence-corrected chi connectivity index (χ1v) is 4.65. The zero-order chi connectivity index (χ0) is 8.97. The molecule has 2 N–H and O–H groups in total. The van der Waals surface area contributed by atoms with Gasteiger partial charge in [0.2, 0.25) is 0 Å². The van der Waals surface area contributed by atoms with Crippen molar-refractivity contribution in [2.45, 2.75) is 26.2 Å². The van der Waals surface area contributed by atoms with Gasteiger partial charge in [-0.3, -0.25) is 0 Å². The summed E-state index contributed by atoms with van der Waals surface area (Å²) < 4.78 is 0. The van der Waals surface area contributed by atoms with E-state index >= 15 is 0 Å². The minimum Gasteiger partial charge on any atom is -0.398 e. The van der Waals surface area contributed by atoms with Gasteiger partial charge in [0, 0.05) is 0 Å². The Balaban J connectivity index is 2.69. The first-order chi connectivity index (χ1) is 5.74. The molecule has 0 aliphatic rings. The van der Waals surface area contributed by atoms with Crippen LogP contribution in [-0.4, -0.2) is 0 Å². The summed E-state index contributed by atoms with van der Waals surface area (Å²) in [6.45, 7) is 2.18. The van der Waals surface area contributed by atoms with Crippen LogP contribution in [0.1, 0.15) is 25.3 Å². The van der Waals surface area contributed by atoms with Gasteiger partial charge in [0.15, 0.2) is 0 Å². The van der Waals surface area contributed by atoms with Crippen molar-refractivity contribution < 1.29 is 0 Å². The van der Waals surface area contributed by atoms with E-state index in [-0.39, 0.29) is 0 Å². The van der Waals surface area contributed by atoms with Crippen LogP contribution in [0.3, 0.4) is 0 Å². The van der Waals surface area contributed by atoms with E-state index in [0.717, 1.165) is 6.42 Å². The fourth-order valence-corrected chi connectivity index (χ4v) is 1.31. The topological polar surface area (TPSA) is 26.0 Å². The Kier molecular flexibility index (Phi) is 3.42. The molecule has 0 unspecified atom stereocenters. The van der Waals surface area contributed by atoms with Crippen molar-refractivity contribution in [2.75, 3.05) is 5.73 Å². The predicted molar refractivity (Wildman–Crippen MR) is 54.5 cm³/mol. The summed E-state index contributed by atoms with van der Waals surface area (Å²) in [5.74, 6) is 0. The first-order valence-electron chi connectivity index (χ1n) is 4.28. The molecule has 66 valence electrons. The van der Waals surface area contributed by atoms with Crippen LogP contribution in [-0.2, 0) is 6.42 Å². The molecule has 1 aromatic rings. The number of aryl methyl sites for hydroxylation is 1. The average Bonchev–Trinajstić information content (AvgIpc) is 2.07. The highest BCUT2D eigenvalue weighted by Crippen LogP contribution is 2.20. The smallest absolute Gasteiger partial charge is 0.0638 e. The Bertz CT molecular complexity index is 258. The summed E-state index contributed by atoms with van der Waals surface area (Å²) in [5.41, 5.74) is 7.52. The summed E-state index contributed by atoms with van der Waals surface area (Å²) in [5, 5.41) is 0.670. The second-order valence-corrected chi connectivity index (χ2v) is 3.37. The largest absolute Gasteiger partial charge is 0.398 e. The Morgan fingerprint density at radius 2 is 2.17 bits per heavy atom. The second-order valence-electron chi connectivity index (χ2n) is 2.96. The molecule has 1 aromatic carbocycles. The summed E-state index contributed by atoms with van der Waals surface area (Å²) in [7, 11) is 0. The van der Waals surface area contributed by atoms with Crippen LogP contribution >= 0.6 is 11.6 Å². The lowest BCUT2D eigenvalue weighted by molar-refractivity contribution is 0.795. The average molecular weight is 184 g/mol. The Labute approximate surface area is 78.5 Å². The van der Waals surface area contributed by atoms with Gasteiger partial charge in [-0.15, -0.1) is 0 Å². The molecule has 0 spiro atoms. The molecule has 0 atom stereocenters. The van der Waals surface area contributed by atoms with Gasteiger partial charge in [-0.2, -0.15) is 0 Å². The zero-order valence-corrected chi connectivity index (χ0v) is 8.06. The molecule has 2 heteroatoms. The highest BCUT2D eigenvalue weighted by molar-refractivity contribution is 6.33. The molecule has 0 saturated heterocycles. The number of unbranched alkanes of at least 4 members (excludes halogenated alkanes) is 1. The van der Waals surface area contributed by atoms with Crippen LogP contribution in [0.25, 0.3) is 0 Å². The summed E-state index contributed by atoms with van der Waals surface area (Å²) in [6.07, 6.45) is 3.51. The van der Waals surface area contributed by atoms with Crippen LogP contribution in [0.5, 0.6) is 0 Å². The fraction of sp³-hybridized carbons (Fsp3) is 0.400. The Hall–Kier alpha value is -0.690. The van der Waals surface area contributed by atoms with Crippen molar-refractivity contribution in [1.82, 2.24) is 0 Å². The van der Waals surface area contributed by atoms with E-state index in [2.05, 4.69) is 6.92 Å². The molecule has 1 nitrogen and oxygen atoms in total. The molecule has 0 radical (unpaired) electrons. The molecule has 0 amide bonds. The van der Waals surface area contributed by atoms with E-state index in [4.69, 9.17) is 17.3 Å². The molecular formula is C10H14ClN. The van der Waals surface area contributed by atoms with Crippen molar-refractivity contribution in [3.63, 3.8) is 0 Å². The van der Waals surface area contributed by atoms with Gasteiger partial charge in [0.25, 0.3) is 0 Å². The van der Waals surface area contributed by atoms with E-state index in [0.29, 0.717) is 10.7 Å². The number of nitrogens with two attached hydrogens (primary N) is 1. The Morgan fingerprint density at radius 3 is 2.75 bits per heavy atom. The minimum atomic E-state index is 0.664. The third kappa shape index (κ3) is 2.42. The van der Waals surface area contributed by atoms with Crippen molar-refractivity contribution in [3.8, 4) is 0 Å². The number of hydrogen-bond acceptors (Lipinski definition) is 1. The predicted octanol–water partition coefficient (Wildman–Crippen LogP) is 3.26. The summed E-state index contributed by atoms with van der Waals surface area (Å²) in [4.78, 5) is 0. The molecule has 0 fully saturated rings. The molecule has 0 aliphatic carbocycles. The molecule has 0 heterocycles. The maximum Gasteiger partial charge on any atom is 0.0638 e. The molecule has 0 saturated carbocycles. The molecule has 1 rings (SSSR count). The lowest BCUT2D eigenvalue weighted by atomic mass is 10.1. The van der Waals surface area contributed by atoms with Gasteiger partial charge < -0.3 is 5.73 Å². The van der Waals surface area contributed by atoms with E-state index in [9.17, 15) is 0 Å². The Morgan fingerprint density at radius 1 is 1.42 bits per heavy atom. The van der Waals surface area contributed by atoms with Gasteiger partial charge >= 0.3 is 0 Å². The van der Waals surface area contributed by atoms with E-state index in [1.54, 1.807) is 0 Å². The fourth-order valence-electron chi connectivity index (χ4n) is 1.11. The lowest BCUT2D eigenvalue weighted by Crippen LogP contribution is -1.89. The monoisotopic (exact) mass is 183 g/mol. The van der Waals surface area contributed by atoms with Crippen molar-refractivity contribution >= 4 is 17.3 Å². The van der Waals surface area contributed by atoms with E-state index < -0.39 is 0 Å². The maximum absolute atomic E-state index is 5.87. The molecule has 12 heavy (non-hydrogen) atoms. The lowest BCUT2D eigenvalue weighted by Gasteiger charge is -2.02. The van der Waals surface area contributed by atoms with E-state index in [1.807, 2.05) is 18.2 Å². The van der Waals surface area contributed by atoms with Crippen molar-refractivity contribution in [3.05, 3.63) is 28.8 Å². The van der Waals surface area contributed by atoms with Crippen LogP contribution in [0, 0.1) is 0 Å². The number of benzene rings is 1. The summed E-state index contributed by atoms with van der Waals surface area (Å²) >= 11 is 5.87. The molecular weight excluding hydrogens is 170 g/mol. The highest BCUT2D eigenvalue weighted by atomic mass is 35.5. The SMILES string of the molecule is CCCCc1ccc(N)c(Cl)c1. The zero-order valence-electron chi connectivity index (χ0n) is 7.31. The number of hydrogen-bond donors (Lipinski definition) is 1. The van der Waals surface area contributed by atoms with Gasteiger partial charge in [-0.05, 0) is 30.5 Å².